The maximum atomic E-state index is 12.7. The summed E-state index contributed by atoms with van der Waals surface area (Å²) in [5.41, 5.74) is 43.4. The second kappa shape index (κ2) is 39.9. The number of ketones is 1. The van der Waals surface area contributed by atoms with Gasteiger partial charge in [-0.3, -0.25) is 9.78 Å². The third-order valence-corrected chi connectivity index (χ3v) is 21.9. The van der Waals surface area contributed by atoms with Gasteiger partial charge < -0.3 is 71.8 Å². The molecule has 0 fully saturated rings. The van der Waals surface area contributed by atoms with Crippen molar-refractivity contribution >= 4 is 156 Å². The number of nitrogens with zero attached hydrogens (tertiary/aromatic N) is 13. The molecule has 14 rings (SSSR count). The number of imidazole rings is 4. The van der Waals surface area contributed by atoms with E-state index in [1.807, 2.05) is 149 Å². The number of nitrogens with one attached hydrogen (secondary N) is 2. The summed E-state index contributed by atoms with van der Waals surface area (Å²) in [6, 6.07) is 40.7. The maximum Gasteiger partial charge on any atom is 0.319 e. The first-order valence-electron chi connectivity index (χ1n) is 39.5. The number of halogens is 2. The summed E-state index contributed by atoms with van der Waals surface area (Å²) in [6.07, 6.45) is 10.4. The third kappa shape index (κ3) is 21.4. The highest BCUT2D eigenvalue weighted by atomic mass is 35.5. The van der Waals surface area contributed by atoms with E-state index in [-0.39, 0.29) is 34.0 Å². The number of benzene rings is 5. The van der Waals surface area contributed by atoms with Crippen LogP contribution in [0.15, 0.2) is 151 Å². The van der Waals surface area contributed by atoms with Crippen molar-refractivity contribution in [3.63, 3.8) is 0 Å². The Bertz CT molecular complexity index is 5830. The van der Waals surface area contributed by atoms with Crippen LogP contribution in [0.2, 0.25) is 10.0 Å². The summed E-state index contributed by atoms with van der Waals surface area (Å²) < 4.78 is 50.5. The van der Waals surface area contributed by atoms with E-state index < -0.39 is 9.84 Å². The number of Topliss-reactive ketones (excluding diaryl/α,β-unsaturated/α-hetero) is 1. The molecule has 116 heavy (non-hydrogen) atoms. The third-order valence-electron chi connectivity index (χ3n) is 19.7. The Balaban J connectivity index is 0.000000153. The van der Waals surface area contributed by atoms with Gasteiger partial charge in [0.25, 0.3) is 0 Å². The molecule has 14 aromatic rings. The first kappa shape index (κ1) is 86.3. The molecule has 0 aliphatic rings. The summed E-state index contributed by atoms with van der Waals surface area (Å²) in [5.74, 6) is 4.79. The van der Waals surface area contributed by atoms with Crippen molar-refractivity contribution in [1.82, 2.24) is 68.4 Å². The number of ether oxygens (including phenoxy) is 3. The van der Waals surface area contributed by atoms with Crippen molar-refractivity contribution in [3.05, 3.63) is 179 Å². The average molecular weight is 1630 g/mol. The van der Waals surface area contributed by atoms with E-state index in [2.05, 4.69) is 81.5 Å². The van der Waals surface area contributed by atoms with E-state index >= 15 is 0 Å². The van der Waals surface area contributed by atoms with Crippen molar-refractivity contribution in [3.8, 4) is 0 Å². The fraction of sp³-hybridized carbons (Fsp3) is 0.384. The van der Waals surface area contributed by atoms with Gasteiger partial charge in [-0.05, 0) is 119 Å². The highest BCUT2D eigenvalue weighted by Crippen LogP contribution is 2.35. The number of unbranched alkanes of at least 4 members (excludes halogenated alkanes) is 1. The minimum Gasteiger partial charge on any atom is -0.384 e. The van der Waals surface area contributed by atoms with Crippen LogP contribution in [0.3, 0.4) is 0 Å². The standard InChI is InChI=1S/C24H28N6O3.C23H33N5O.C22H22Cl2N4O2S.C17H23N5O/c1-32-14-11-20-29-21-22(18-9-5-6-10-19(18)28-23(21)25)30(20)13-16-33-15-12-26-24(31)27-17-7-3-2-4-8-17;1-5-8-16(4)20-22-23(21-18(27-20)9-6-11-25-21)28(14-26-22)12-7-10-19(29)17(24)13-15(2)3;1-2-19-27-20-21(17-7-3-4-8-18(17)26-22(20)25)28(19)9-5-6-10-31(29,30)16-12-14(23)11-15(24)13-16;1-4-23-9-13-21-14-15(22(13)10-17(2,3)19)11-7-5-6-8-12(11)20-16(14)18/h2-10H,11-16H2,1H3,(H2,25,28)(H2,26,27,31);6,9,11,14-17H,5,7-8,10,12-13,24H2,1-4H3;3-4,7-8,11-13H,2,5-6,9-10H2,1H3,(H2,25,26);5-8H,4,9-10,19H2,1-3H3,(H2,18,20). The van der Waals surface area contributed by atoms with Crippen molar-refractivity contribution in [2.45, 2.75) is 168 Å². The SMILES string of the molecule is CCCC(C)c1nc2cccnc2c2c1ncn2CCCC(=O)C(N)CC(C)C.CCOCc1nc2c(N)nc3ccccc3c2n1CC(C)(C)N.CCc1nc2c(N)nc3ccccc3c2n1CCCCS(=O)(=O)c1cc(Cl)cc(Cl)c1.COCCc1nc2c(N)nc3ccccc3c2n1CCOCCNC(=O)Nc1ccccc1. The number of sulfone groups is 1. The van der Waals surface area contributed by atoms with E-state index in [1.165, 1.54) is 18.2 Å². The molecule has 612 valence electrons. The fourth-order valence-electron chi connectivity index (χ4n) is 14.3. The molecule has 0 spiro atoms. The number of amides is 2. The number of aryl methyl sites for hydroxylation is 3. The van der Waals surface area contributed by atoms with Crippen LogP contribution in [-0.4, -0.2) is 141 Å². The molecule has 0 saturated heterocycles. The number of aromatic nitrogens is 13. The molecule has 2 atom stereocenters. The van der Waals surface area contributed by atoms with Crippen LogP contribution in [0.25, 0.3) is 87.9 Å². The quantitative estimate of drug-likeness (QED) is 0.0193. The first-order chi connectivity index (χ1) is 55.8. The van der Waals surface area contributed by atoms with Crippen LogP contribution >= 0.6 is 23.2 Å². The number of nitrogen functional groups attached to an aromatic ring is 3. The highest BCUT2D eigenvalue weighted by molar-refractivity contribution is 7.91. The molecule has 0 bridgehead atoms. The Morgan fingerprint density at radius 2 is 1.16 bits per heavy atom. The molecule has 5 aromatic carbocycles. The number of carbonyl (C=O) groups is 2. The van der Waals surface area contributed by atoms with E-state index in [1.54, 1.807) is 13.3 Å². The number of carbonyl (C=O) groups excluding carboxylic acids is 2. The number of pyridine rings is 5. The van der Waals surface area contributed by atoms with E-state index in [0.29, 0.717) is 147 Å². The second-order valence-corrected chi connectivity index (χ2v) is 32.8. The minimum absolute atomic E-state index is 0.0161. The Morgan fingerprint density at radius 3 is 1.74 bits per heavy atom. The Hall–Kier alpha value is -10.6. The average Bonchev–Trinajstić information content (AvgIpc) is 1.60. The van der Waals surface area contributed by atoms with E-state index in [0.717, 1.165) is 132 Å². The summed E-state index contributed by atoms with van der Waals surface area (Å²) in [7, 11) is -1.80. The number of urea groups is 1. The summed E-state index contributed by atoms with van der Waals surface area (Å²) in [6.45, 7) is 22.0. The molecule has 0 radical (unpaired) electrons. The number of methoxy groups -OCH3 is 1. The number of anilines is 4. The zero-order valence-electron chi connectivity index (χ0n) is 67.5. The zero-order chi connectivity index (χ0) is 82.8. The van der Waals surface area contributed by atoms with Crippen LogP contribution in [0.5, 0.6) is 0 Å². The molecule has 9 heterocycles. The number of hydrogen-bond donors (Lipinski definition) is 7. The molecule has 12 N–H and O–H groups in total. The number of nitrogens with two attached hydrogens (primary N) is 5. The van der Waals surface area contributed by atoms with Gasteiger partial charge in [0.05, 0.1) is 92.7 Å². The fourth-order valence-corrected chi connectivity index (χ4v) is 16.4. The molecule has 0 aliphatic carbocycles. The molecule has 27 nitrogen and oxygen atoms in total. The normalized spacial score (nSPS) is 12.4. The Morgan fingerprint density at radius 1 is 0.595 bits per heavy atom. The molecule has 0 saturated carbocycles. The predicted molar refractivity (Wildman–Crippen MR) is 467 cm³/mol. The van der Waals surface area contributed by atoms with Gasteiger partial charge in [0, 0.05) is 115 Å². The molecule has 2 unspecified atom stereocenters. The van der Waals surface area contributed by atoms with Gasteiger partial charge in [-0.25, -0.2) is 53.1 Å². The van der Waals surface area contributed by atoms with Crippen molar-refractivity contribution in [1.29, 1.82) is 0 Å². The number of para-hydroxylation sites is 4. The van der Waals surface area contributed by atoms with Crippen LogP contribution in [-0.2, 0) is 74.5 Å². The molecule has 9 aromatic heterocycles. The zero-order valence-corrected chi connectivity index (χ0v) is 69.8. The largest absolute Gasteiger partial charge is 0.384 e. The number of hydrogen-bond acceptors (Lipinski definition) is 21. The molecular formula is C86H106Cl2N20O7S. The predicted octanol–water partition coefficient (Wildman–Crippen LogP) is 15.5. The lowest BCUT2D eigenvalue weighted by atomic mass is 9.98. The maximum absolute atomic E-state index is 12.7. The molecule has 0 aliphatic heterocycles. The lowest BCUT2D eigenvalue weighted by molar-refractivity contribution is -0.120. The van der Waals surface area contributed by atoms with Gasteiger partial charge in [0.2, 0.25) is 0 Å². The topological polar surface area (TPSA) is 386 Å². The Kier molecular flexibility index (Phi) is 29.7. The molecule has 2 amide bonds. The number of rotatable bonds is 32. The van der Waals surface area contributed by atoms with Gasteiger partial charge in [-0.1, -0.05) is 137 Å². The number of fused-ring (bicyclic) bond motifs is 12. The van der Waals surface area contributed by atoms with Gasteiger partial charge in [0.1, 0.15) is 57.4 Å². The van der Waals surface area contributed by atoms with Crippen LogP contribution in [0.4, 0.5) is 27.9 Å². The lowest BCUT2D eigenvalue weighted by Crippen LogP contribution is -2.37. The summed E-state index contributed by atoms with van der Waals surface area (Å²) in [5, 5.41) is 9.19. The van der Waals surface area contributed by atoms with Gasteiger partial charge in [0.15, 0.2) is 27.3 Å². The van der Waals surface area contributed by atoms with Gasteiger partial charge in [-0.2, -0.15) is 0 Å². The van der Waals surface area contributed by atoms with Gasteiger partial charge in [-0.15, -0.1) is 0 Å². The van der Waals surface area contributed by atoms with Crippen molar-refractivity contribution in [2.75, 3.05) is 68.4 Å². The highest BCUT2D eigenvalue weighted by Gasteiger charge is 2.26. The van der Waals surface area contributed by atoms with Crippen LogP contribution < -0.4 is 39.3 Å². The monoisotopic (exact) mass is 1630 g/mol. The second-order valence-electron chi connectivity index (χ2n) is 29.8. The summed E-state index contributed by atoms with van der Waals surface area (Å²) >= 11 is 11.9. The minimum atomic E-state index is -3.47. The van der Waals surface area contributed by atoms with Crippen LogP contribution in [0.1, 0.15) is 129 Å². The summed E-state index contributed by atoms with van der Waals surface area (Å²) in [4.78, 5) is 66.2. The smallest absolute Gasteiger partial charge is 0.319 e. The molecule has 30 heteroatoms. The van der Waals surface area contributed by atoms with Crippen molar-refractivity contribution < 1.29 is 32.2 Å². The first-order valence-corrected chi connectivity index (χ1v) is 41.9. The van der Waals surface area contributed by atoms with E-state index in [9.17, 15) is 18.0 Å². The van der Waals surface area contributed by atoms with E-state index in [4.69, 9.17) is 86.0 Å². The van der Waals surface area contributed by atoms with Crippen molar-refractivity contribution in [2.24, 2.45) is 17.4 Å². The van der Waals surface area contributed by atoms with Crippen LogP contribution in [0, 0.1) is 5.92 Å². The Labute approximate surface area is 685 Å². The lowest BCUT2D eigenvalue weighted by Gasteiger charge is -2.21. The van der Waals surface area contributed by atoms with Gasteiger partial charge >= 0.3 is 6.03 Å². The molecular weight excluding hydrogens is 1530 g/mol.